The van der Waals surface area contributed by atoms with Gasteiger partial charge < -0.3 is 5.11 Å². The molecule has 0 radical (unpaired) electrons. The monoisotopic (exact) mass is 213 g/mol. The highest BCUT2D eigenvalue weighted by Gasteiger charge is 2.14. The number of carboxylic acids is 1. The van der Waals surface area contributed by atoms with Crippen LogP contribution >= 0.6 is 11.3 Å². The van der Waals surface area contributed by atoms with Crippen LogP contribution in [0.5, 0.6) is 0 Å². The molecule has 4 heteroatoms. The lowest BCUT2D eigenvalue weighted by molar-refractivity contribution is -0.141. The van der Waals surface area contributed by atoms with Crippen molar-refractivity contribution in [1.82, 2.24) is 4.98 Å². The lowest BCUT2D eigenvalue weighted by Crippen LogP contribution is -2.12. The molecule has 1 aromatic heterocycles. The molecule has 0 aromatic carbocycles. The minimum atomic E-state index is -0.760. The Labute approximate surface area is 87.8 Å². The second kappa shape index (κ2) is 4.55. The Hall–Kier alpha value is -0.900. The quantitative estimate of drug-likeness (QED) is 0.836. The third-order valence-electron chi connectivity index (χ3n) is 2.00. The fourth-order valence-electron chi connectivity index (χ4n) is 1.08. The minimum Gasteiger partial charge on any atom is -0.481 e. The van der Waals surface area contributed by atoms with Crippen LogP contribution in [0.2, 0.25) is 0 Å². The maximum Gasteiger partial charge on any atom is 0.306 e. The molecule has 0 amide bonds. The molecule has 0 spiro atoms. The number of rotatable bonds is 4. The first-order chi connectivity index (χ1) is 6.50. The summed E-state index contributed by atoms with van der Waals surface area (Å²) >= 11 is 1.61. The lowest BCUT2D eigenvalue weighted by Gasteiger charge is -2.02. The number of nitrogens with zero attached hydrogens (tertiary/aromatic N) is 1. The van der Waals surface area contributed by atoms with Crippen molar-refractivity contribution >= 4 is 17.3 Å². The zero-order chi connectivity index (χ0) is 10.7. The van der Waals surface area contributed by atoms with E-state index in [-0.39, 0.29) is 5.92 Å². The van der Waals surface area contributed by atoms with Crippen LogP contribution in [0.15, 0.2) is 5.38 Å². The van der Waals surface area contributed by atoms with E-state index in [1.807, 2.05) is 5.38 Å². The number of hydrogen-bond acceptors (Lipinski definition) is 3. The van der Waals surface area contributed by atoms with Gasteiger partial charge in [-0.25, -0.2) is 4.98 Å². The zero-order valence-electron chi connectivity index (χ0n) is 8.65. The molecule has 0 aliphatic rings. The number of aromatic nitrogens is 1. The number of aliphatic carboxylic acids is 1. The van der Waals surface area contributed by atoms with Crippen molar-refractivity contribution < 1.29 is 9.90 Å². The fraction of sp³-hybridized carbons (Fsp3) is 0.600. The first-order valence-electron chi connectivity index (χ1n) is 4.67. The van der Waals surface area contributed by atoms with Crippen LogP contribution in [0.25, 0.3) is 0 Å². The summed E-state index contributed by atoms with van der Waals surface area (Å²) in [4.78, 5) is 15.0. The van der Waals surface area contributed by atoms with Gasteiger partial charge in [-0.3, -0.25) is 4.79 Å². The summed E-state index contributed by atoms with van der Waals surface area (Å²) in [6.45, 7) is 5.88. The second-order valence-corrected chi connectivity index (χ2v) is 4.66. The van der Waals surface area contributed by atoms with Crippen molar-refractivity contribution in [3.63, 3.8) is 0 Å². The summed E-state index contributed by atoms with van der Waals surface area (Å²) in [5.41, 5.74) is 0.897. The Morgan fingerprint density at radius 3 is 2.64 bits per heavy atom. The predicted molar refractivity (Wildman–Crippen MR) is 56.7 cm³/mol. The molecule has 1 atom stereocenters. The van der Waals surface area contributed by atoms with E-state index in [1.165, 1.54) is 0 Å². The first kappa shape index (κ1) is 11.2. The van der Waals surface area contributed by atoms with Crippen LogP contribution in [0.1, 0.15) is 37.4 Å². The van der Waals surface area contributed by atoms with Gasteiger partial charge in [0.25, 0.3) is 0 Å². The molecular weight excluding hydrogens is 198 g/mol. The molecule has 0 aliphatic heterocycles. The summed E-state index contributed by atoms with van der Waals surface area (Å²) in [6, 6.07) is 0. The third-order valence-corrected chi connectivity index (χ3v) is 3.19. The first-order valence-corrected chi connectivity index (χ1v) is 5.55. The van der Waals surface area contributed by atoms with Gasteiger partial charge in [0.15, 0.2) is 0 Å². The highest BCUT2D eigenvalue weighted by atomic mass is 32.1. The van der Waals surface area contributed by atoms with E-state index < -0.39 is 5.97 Å². The molecule has 1 aromatic rings. The van der Waals surface area contributed by atoms with E-state index in [4.69, 9.17) is 5.11 Å². The van der Waals surface area contributed by atoms with E-state index in [1.54, 1.807) is 18.3 Å². The summed E-state index contributed by atoms with van der Waals surface area (Å²) in [6.07, 6.45) is 0.526. The van der Waals surface area contributed by atoms with Gasteiger partial charge in [-0.05, 0) is 0 Å². The van der Waals surface area contributed by atoms with E-state index >= 15 is 0 Å². The van der Waals surface area contributed by atoms with Crippen molar-refractivity contribution in [3.05, 3.63) is 16.1 Å². The molecule has 0 aliphatic carbocycles. The van der Waals surface area contributed by atoms with Crippen molar-refractivity contribution in [1.29, 1.82) is 0 Å². The van der Waals surface area contributed by atoms with Crippen molar-refractivity contribution in [2.75, 3.05) is 0 Å². The fourth-order valence-corrected chi connectivity index (χ4v) is 1.93. The molecular formula is C10H15NO2S. The molecule has 0 bridgehead atoms. The highest BCUT2D eigenvalue weighted by molar-refractivity contribution is 7.09. The number of thiazole rings is 1. The molecule has 1 unspecified atom stereocenters. The zero-order valence-corrected chi connectivity index (χ0v) is 9.47. The number of carbonyl (C=O) groups is 1. The van der Waals surface area contributed by atoms with Gasteiger partial charge in [0, 0.05) is 17.7 Å². The maximum absolute atomic E-state index is 10.6. The molecule has 78 valence electrons. The molecule has 3 nitrogen and oxygen atoms in total. The van der Waals surface area contributed by atoms with E-state index in [0.29, 0.717) is 12.3 Å². The van der Waals surface area contributed by atoms with E-state index in [2.05, 4.69) is 18.8 Å². The van der Waals surface area contributed by atoms with Crippen LogP contribution in [-0.2, 0) is 11.2 Å². The molecule has 0 saturated heterocycles. The lowest BCUT2D eigenvalue weighted by atomic mass is 10.1. The summed E-state index contributed by atoms with van der Waals surface area (Å²) in [5, 5.41) is 11.8. The molecule has 1 rings (SSSR count). The second-order valence-electron chi connectivity index (χ2n) is 3.78. The Morgan fingerprint density at radius 2 is 2.21 bits per heavy atom. The van der Waals surface area contributed by atoms with Crippen molar-refractivity contribution in [2.45, 2.75) is 33.1 Å². The van der Waals surface area contributed by atoms with Crippen LogP contribution in [0.3, 0.4) is 0 Å². The van der Waals surface area contributed by atoms with Gasteiger partial charge in [0.05, 0.1) is 16.6 Å². The van der Waals surface area contributed by atoms with Gasteiger partial charge in [-0.2, -0.15) is 0 Å². The van der Waals surface area contributed by atoms with Gasteiger partial charge in [0.2, 0.25) is 0 Å². The summed E-state index contributed by atoms with van der Waals surface area (Å²) in [7, 11) is 0. The van der Waals surface area contributed by atoms with Gasteiger partial charge in [0.1, 0.15) is 0 Å². The average Bonchev–Trinajstić information content (AvgIpc) is 2.52. The molecule has 0 saturated carbocycles. The Bertz CT molecular complexity index is 320. The SMILES string of the molecule is CC(Cc1csc(C(C)C)n1)C(=O)O. The van der Waals surface area contributed by atoms with Crippen LogP contribution in [0, 0.1) is 5.92 Å². The topological polar surface area (TPSA) is 50.2 Å². The summed E-state index contributed by atoms with van der Waals surface area (Å²) in [5.74, 6) is -0.685. The Morgan fingerprint density at radius 1 is 1.57 bits per heavy atom. The largest absolute Gasteiger partial charge is 0.481 e. The van der Waals surface area contributed by atoms with Crippen LogP contribution in [-0.4, -0.2) is 16.1 Å². The predicted octanol–water partition coefficient (Wildman–Crippen LogP) is 2.53. The van der Waals surface area contributed by atoms with Crippen molar-refractivity contribution in [3.8, 4) is 0 Å². The van der Waals surface area contributed by atoms with E-state index in [9.17, 15) is 4.79 Å². The van der Waals surface area contributed by atoms with Crippen LogP contribution < -0.4 is 0 Å². The van der Waals surface area contributed by atoms with Gasteiger partial charge in [-0.15, -0.1) is 11.3 Å². The smallest absolute Gasteiger partial charge is 0.306 e. The number of carboxylic acid groups (broad SMARTS) is 1. The molecule has 0 fully saturated rings. The number of hydrogen-bond donors (Lipinski definition) is 1. The normalized spacial score (nSPS) is 13.1. The highest BCUT2D eigenvalue weighted by Crippen LogP contribution is 2.20. The van der Waals surface area contributed by atoms with E-state index in [0.717, 1.165) is 10.7 Å². The maximum atomic E-state index is 10.6. The van der Waals surface area contributed by atoms with Crippen LogP contribution in [0.4, 0.5) is 0 Å². The standard InChI is InChI=1S/C10H15NO2S/c1-6(2)9-11-8(5-14-9)4-7(3)10(12)13/h5-7H,4H2,1-3H3,(H,12,13). The molecule has 14 heavy (non-hydrogen) atoms. The third kappa shape index (κ3) is 2.80. The minimum absolute atomic E-state index is 0.350. The average molecular weight is 213 g/mol. The summed E-state index contributed by atoms with van der Waals surface area (Å²) < 4.78 is 0. The van der Waals surface area contributed by atoms with Crippen molar-refractivity contribution in [2.24, 2.45) is 5.92 Å². The molecule has 1 N–H and O–H groups in total. The Kier molecular flexibility index (Phi) is 3.63. The Balaban J connectivity index is 2.64. The van der Waals surface area contributed by atoms with Gasteiger partial charge >= 0.3 is 5.97 Å². The molecule has 1 heterocycles. The van der Waals surface area contributed by atoms with Gasteiger partial charge in [-0.1, -0.05) is 20.8 Å².